The number of benzene rings is 5. The van der Waals surface area contributed by atoms with Crippen molar-refractivity contribution in [3.05, 3.63) is 177 Å². The van der Waals surface area contributed by atoms with Crippen molar-refractivity contribution < 1.29 is 102 Å². The van der Waals surface area contributed by atoms with E-state index in [4.69, 9.17) is 4.74 Å². The summed E-state index contributed by atoms with van der Waals surface area (Å²) in [5, 5.41) is 0. The highest BCUT2D eigenvalue weighted by molar-refractivity contribution is 7.20. The smallest absolute Gasteiger partial charge is 0.227 e. The molecular weight excluding hydrogens is 929 g/mol. The van der Waals surface area contributed by atoms with Crippen molar-refractivity contribution in [2.45, 2.75) is 32.9 Å². The average Bonchev–Trinajstić information content (AvgIpc) is 3.26. The number of ketones is 1. The van der Waals surface area contributed by atoms with Gasteiger partial charge in [-0.3, -0.25) is 4.79 Å². The second kappa shape index (κ2) is 18.1. The van der Waals surface area contributed by atoms with Crippen LogP contribution in [0.15, 0.2) is 54.9 Å². The molecule has 344 valence electrons. The fraction of sp³-hybridized carbons (Fsp3) is 0.122. The Balaban J connectivity index is 0.000000330. The van der Waals surface area contributed by atoms with Gasteiger partial charge in [0.2, 0.25) is 12.3 Å². The molecule has 6 rings (SSSR count). The number of carbonyl (C=O) groups is 1. The molecule has 0 amide bonds. The first-order valence-electron chi connectivity index (χ1n) is 17.6. The highest BCUT2D eigenvalue weighted by Crippen LogP contribution is 2.31. The number of rotatable bonds is 8. The van der Waals surface area contributed by atoms with Crippen molar-refractivity contribution in [2.75, 3.05) is 0 Å². The Bertz CT molecular complexity index is 2490. The molecule has 0 aliphatic carbocycles. The van der Waals surface area contributed by atoms with Crippen LogP contribution in [0.2, 0.25) is 0 Å². The highest BCUT2D eigenvalue weighted by atomic mass is 19.2. The molecule has 1 aromatic heterocycles. The van der Waals surface area contributed by atoms with Crippen LogP contribution in [0.3, 0.4) is 0 Å². The number of ether oxygens (including phenoxy) is 1. The lowest BCUT2D eigenvalue weighted by Gasteiger charge is -2.44. The standard InChI is InChI=1S/C24BF20.C17H20NO2/c26-5-1(6(27)14(35)21(42)13(5)34)25(2-7(28)15(36)22(43)16(37)8(2)29,3-9(30)17(38)23(44)18(39)10(3)31)4-11(32)19(40)24(45)20(41)12(4)33;1-17(2,3)20-15-9-7-14(8-10-15)16(19)13-18-11-5-4-6-12-18/h;4-12H,13H2,1-3H3/q-1;+1. The number of Topliss-reactive ketones (excluding diaryl/α,β-unsaturated/α-hetero) is 1. The van der Waals surface area contributed by atoms with E-state index in [1.807, 2.05) is 80.2 Å². The Kier molecular flexibility index (Phi) is 13.8. The molecule has 3 nitrogen and oxygen atoms in total. The molecule has 24 heteroatoms. The number of hydrogen-bond acceptors (Lipinski definition) is 2. The van der Waals surface area contributed by atoms with E-state index in [1.54, 1.807) is 0 Å². The minimum atomic E-state index is -7.22. The molecule has 0 N–H and O–H groups in total. The summed E-state index contributed by atoms with van der Waals surface area (Å²) in [6, 6.07) is 13.1. The molecule has 0 aliphatic heterocycles. The monoisotopic (exact) mass is 949 g/mol. The van der Waals surface area contributed by atoms with Crippen LogP contribution in [-0.4, -0.2) is 17.5 Å². The van der Waals surface area contributed by atoms with Crippen molar-refractivity contribution in [1.82, 2.24) is 0 Å². The molecule has 5 aromatic carbocycles. The minimum Gasteiger partial charge on any atom is -0.488 e. The third kappa shape index (κ3) is 8.44. The molecule has 0 saturated heterocycles. The van der Waals surface area contributed by atoms with Crippen molar-refractivity contribution >= 4 is 33.8 Å². The van der Waals surface area contributed by atoms with E-state index >= 15 is 35.1 Å². The fourth-order valence-corrected chi connectivity index (χ4v) is 6.73. The van der Waals surface area contributed by atoms with Crippen LogP contribution >= 0.6 is 0 Å². The summed E-state index contributed by atoms with van der Waals surface area (Å²) in [5.41, 5.74) is -13.9. The highest BCUT2D eigenvalue weighted by Gasteiger charge is 2.52. The maximum atomic E-state index is 15.4. The summed E-state index contributed by atoms with van der Waals surface area (Å²) in [4.78, 5) is 12.1. The van der Waals surface area contributed by atoms with Gasteiger partial charge in [0.05, 0.1) is 0 Å². The van der Waals surface area contributed by atoms with Gasteiger partial charge in [-0.2, -0.15) is 4.57 Å². The van der Waals surface area contributed by atoms with E-state index in [-0.39, 0.29) is 11.4 Å². The number of hydrogen-bond donors (Lipinski definition) is 0. The maximum Gasteiger partial charge on any atom is 0.227 e. The molecule has 0 unspecified atom stereocenters. The fourth-order valence-electron chi connectivity index (χ4n) is 6.73. The van der Waals surface area contributed by atoms with Crippen LogP contribution in [0.5, 0.6) is 5.75 Å². The van der Waals surface area contributed by atoms with Gasteiger partial charge < -0.3 is 4.74 Å². The summed E-state index contributed by atoms with van der Waals surface area (Å²) in [5.74, 6) is -70.5. The second-order valence-corrected chi connectivity index (χ2v) is 14.5. The van der Waals surface area contributed by atoms with Gasteiger partial charge in [-0.05, 0) is 45.0 Å². The van der Waals surface area contributed by atoms with Crippen LogP contribution in [0, 0.1) is 116 Å². The van der Waals surface area contributed by atoms with Crippen LogP contribution in [0.4, 0.5) is 87.8 Å². The molecule has 0 spiro atoms. The zero-order valence-electron chi connectivity index (χ0n) is 32.3. The Morgan fingerprint density at radius 3 is 0.908 bits per heavy atom. The van der Waals surface area contributed by atoms with E-state index in [2.05, 4.69) is 0 Å². The first-order chi connectivity index (χ1) is 30.1. The molecule has 1 heterocycles. The van der Waals surface area contributed by atoms with E-state index in [0.717, 1.165) is 5.75 Å². The molecule has 0 bridgehead atoms. The second-order valence-electron chi connectivity index (χ2n) is 14.5. The van der Waals surface area contributed by atoms with Crippen LogP contribution in [0.25, 0.3) is 0 Å². The topological polar surface area (TPSA) is 30.2 Å². The lowest BCUT2D eigenvalue weighted by atomic mass is 9.12. The minimum absolute atomic E-state index is 0.0866. The lowest BCUT2D eigenvalue weighted by Crippen LogP contribution is -2.81. The Morgan fingerprint density at radius 1 is 0.415 bits per heavy atom. The van der Waals surface area contributed by atoms with Crippen LogP contribution in [-0.2, 0) is 6.54 Å². The number of nitrogens with zero attached hydrogens (tertiary/aromatic N) is 1. The Labute approximate surface area is 351 Å². The number of halogens is 20. The summed E-state index contributed by atoms with van der Waals surface area (Å²) < 4.78 is 302. The van der Waals surface area contributed by atoms with Gasteiger partial charge in [0.15, 0.2) is 82.2 Å². The summed E-state index contributed by atoms with van der Waals surface area (Å²) in [6.07, 6.45) is -3.45. The molecule has 65 heavy (non-hydrogen) atoms. The average molecular weight is 949 g/mol. The van der Waals surface area contributed by atoms with Gasteiger partial charge >= 0.3 is 0 Å². The predicted octanol–water partition coefficient (Wildman–Crippen LogP) is 8.88. The van der Waals surface area contributed by atoms with Gasteiger partial charge in [-0.1, -0.05) is 6.07 Å². The summed E-state index contributed by atoms with van der Waals surface area (Å²) in [7, 11) is 0. The Morgan fingerprint density at radius 2 is 0.662 bits per heavy atom. The third-order valence-corrected chi connectivity index (χ3v) is 9.41. The quantitative estimate of drug-likeness (QED) is 0.0382. The normalized spacial score (nSPS) is 11.7. The van der Waals surface area contributed by atoms with Crippen LogP contribution < -0.4 is 31.2 Å². The van der Waals surface area contributed by atoms with Crippen molar-refractivity contribution in [3.8, 4) is 5.75 Å². The molecule has 0 fully saturated rings. The van der Waals surface area contributed by atoms with Gasteiger partial charge in [0.25, 0.3) is 0 Å². The van der Waals surface area contributed by atoms with E-state index in [9.17, 15) is 57.5 Å². The first kappa shape index (κ1) is 49.4. The largest absolute Gasteiger partial charge is 0.488 e. The SMILES string of the molecule is CC(C)(C)Oc1ccc(C(=O)C[n+]2ccccc2)cc1.Fc1c(F)c(F)c([B-](c2c(F)c(F)c(F)c(F)c2F)(c2c(F)c(F)c(F)c(F)c2F)c2c(F)c(F)c(F)c(F)c2F)c(F)c1F. The first-order valence-corrected chi connectivity index (χ1v) is 17.6. The lowest BCUT2D eigenvalue weighted by molar-refractivity contribution is -0.683. The van der Waals surface area contributed by atoms with E-state index in [1.165, 1.54) is 0 Å². The zero-order valence-corrected chi connectivity index (χ0v) is 32.3. The molecule has 0 atom stereocenters. The summed E-state index contributed by atoms with van der Waals surface area (Å²) >= 11 is 0. The van der Waals surface area contributed by atoms with Gasteiger partial charge in [0, 0.05) is 17.7 Å². The molecule has 0 saturated carbocycles. The summed E-state index contributed by atoms with van der Waals surface area (Å²) in [6.45, 7) is 6.34. The van der Waals surface area contributed by atoms with E-state index in [0.29, 0.717) is 12.1 Å². The Hall–Kier alpha value is -6.62. The van der Waals surface area contributed by atoms with Gasteiger partial charge in [-0.25, -0.2) is 87.8 Å². The molecular formula is C41H20BF20NO2. The van der Waals surface area contributed by atoms with Gasteiger partial charge in [0.1, 0.15) is 64.0 Å². The number of aromatic nitrogens is 1. The zero-order chi connectivity index (χ0) is 48.9. The van der Waals surface area contributed by atoms with Crippen molar-refractivity contribution in [2.24, 2.45) is 0 Å². The van der Waals surface area contributed by atoms with Crippen LogP contribution in [0.1, 0.15) is 31.1 Å². The number of pyridine rings is 1. The molecule has 0 aliphatic rings. The third-order valence-electron chi connectivity index (χ3n) is 9.41. The predicted molar refractivity (Wildman–Crippen MR) is 187 cm³/mol. The molecule has 0 radical (unpaired) electrons. The van der Waals surface area contributed by atoms with Crippen molar-refractivity contribution in [3.63, 3.8) is 0 Å². The maximum absolute atomic E-state index is 15.4. The number of carbonyl (C=O) groups excluding carboxylic acids is 1. The van der Waals surface area contributed by atoms with E-state index < -0.39 is 144 Å². The van der Waals surface area contributed by atoms with Crippen molar-refractivity contribution in [1.29, 1.82) is 0 Å². The molecule has 6 aromatic rings. The van der Waals surface area contributed by atoms with Gasteiger partial charge in [-0.15, -0.1) is 21.9 Å².